The maximum absolute atomic E-state index is 12.1. The van der Waals surface area contributed by atoms with Gasteiger partial charge in [0.05, 0.1) is 17.0 Å². The van der Waals surface area contributed by atoms with Gasteiger partial charge in [0.2, 0.25) is 5.91 Å². The number of benzene rings is 1. The zero-order chi connectivity index (χ0) is 15.9. The van der Waals surface area contributed by atoms with E-state index in [-0.39, 0.29) is 5.91 Å². The fourth-order valence-electron chi connectivity index (χ4n) is 2.10. The summed E-state index contributed by atoms with van der Waals surface area (Å²) >= 11 is 6.73. The van der Waals surface area contributed by atoms with Gasteiger partial charge in [-0.3, -0.25) is 9.78 Å². The van der Waals surface area contributed by atoms with Crippen molar-refractivity contribution in [3.63, 3.8) is 0 Å². The summed E-state index contributed by atoms with van der Waals surface area (Å²) in [6.07, 6.45) is 1.74. The lowest BCUT2D eigenvalue weighted by Crippen LogP contribution is -2.28. The molecular weight excluding hydrogens is 314 g/mol. The molecule has 2 aromatic rings. The van der Waals surface area contributed by atoms with E-state index in [1.807, 2.05) is 30.3 Å². The van der Waals surface area contributed by atoms with E-state index in [4.69, 9.17) is 12.2 Å². The van der Waals surface area contributed by atoms with Gasteiger partial charge < -0.3 is 10.2 Å². The van der Waals surface area contributed by atoms with Gasteiger partial charge in [0.15, 0.2) is 0 Å². The molecule has 0 unspecified atom stereocenters. The molecule has 0 saturated heterocycles. The zero-order valence-electron chi connectivity index (χ0n) is 12.7. The number of hydrogen-bond acceptors (Lipinski definition) is 4. The molecule has 1 aromatic carbocycles. The van der Waals surface area contributed by atoms with Crippen LogP contribution in [-0.2, 0) is 4.79 Å². The maximum atomic E-state index is 12.1. The van der Waals surface area contributed by atoms with Crippen molar-refractivity contribution < 1.29 is 4.79 Å². The Kier molecular flexibility index (Phi) is 6.15. The highest BCUT2D eigenvalue weighted by molar-refractivity contribution is 8.23. The largest absolute Gasteiger partial charge is 0.358 e. The molecule has 0 atom stereocenters. The summed E-state index contributed by atoms with van der Waals surface area (Å²) in [7, 11) is 0. The first kappa shape index (κ1) is 16.7. The molecule has 0 spiro atoms. The number of carbonyl (C=O) groups is 1. The number of fused-ring (bicyclic) bond motifs is 1. The Morgan fingerprint density at radius 1 is 1.27 bits per heavy atom. The molecule has 0 aliphatic rings. The quantitative estimate of drug-likeness (QED) is 0.848. The van der Waals surface area contributed by atoms with Crippen molar-refractivity contribution in [1.29, 1.82) is 0 Å². The van der Waals surface area contributed by atoms with Crippen molar-refractivity contribution in [1.82, 2.24) is 9.88 Å². The van der Waals surface area contributed by atoms with E-state index in [0.29, 0.717) is 5.75 Å². The molecule has 22 heavy (non-hydrogen) atoms. The average Bonchev–Trinajstić information content (AvgIpc) is 2.54. The van der Waals surface area contributed by atoms with Crippen LogP contribution in [-0.4, -0.2) is 39.0 Å². The van der Waals surface area contributed by atoms with E-state index in [1.54, 1.807) is 6.20 Å². The number of anilines is 1. The summed E-state index contributed by atoms with van der Waals surface area (Å²) in [6.45, 7) is 5.83. The number of nitrogens with one attached hydrogen (secondary N) is 1. The van der Waals surface area contributed by atoms with Crippen molar-refractivity contribution in [3.05, 3.63) is 36.5 Å². The van der Waals surface area contributed by atoms with Crippen LogP contribution in [0.1, 0.15) is 13.8 Å². The summed E-state index contributed by atoms with van der Waals surface area (Å²) in [4.78, 5) is 18.5. The lowest BCUT2D eigenvalue weighted by molar-refractivity contribution is -0.113. The Bertz CT molecular complexity index is 666. The zero-order valence-corrected chi connectivity index (χ0v) is 14.3. The molecule has 0 aliphatic carbocycles. The normalized spacial score (nSPS) is 10.5. The first-order valence-electron chi connectivity index (χ1n) is 7.21. The number of aromatic nitrogens is 1. The lowest BCUT2D eigenvalue weighted by atomic mass is 10.2. The monoisotopic (exact) mass is 333 g/mol. The highest BCUT2D eigenvalue weighted by Crippen LogP contribution is 2.21. The minimum absolute atomic E-state index is 0.0594. The SMILES string of the molecule is CCN(CC)C(=S)SCC(=O)Nc1cccc2ncccc12. The number of hydrogen-bond donors (Lipinski definition) is 1. The highest BCUT2D eigenvalue weighted by atomic mass is 32.2. The average molecular weight is 333 g/mol. The number of nitrogens with zero attached hydrogens (tertiary/aromatic N) is 2. The molecule has 4 nitrogen and oxygen atoms in total. The van der Waals surface area contributed by atoms with Gasteiger partial charge in [-0.2, -0.15) is 0 Å². The predicted molar refractivity (Wildman–Crippen MR) is 98.3 cm³/mol. The highest BCUT2D eigenvalue weighted by Gasteiger charge is 2.10. The van der Waals surface area contributed by atoms with Crippen LogP contribution in [0.3, 0.4) is 0 Å². The summed E-state index contributed by atoms with van der Waals surface area (Å²) < 4.78 is 0.764. The van der Waals surface area contributed by atoms with Gasteiger partial charge in [0.1, 0.15) is 4.32 Å². The molecule has 2 rings (SSSR count). The second kappa shape index (κ2) is 8.10. The Hall–Kier alpha value is -1.66. The van der Waals surface area contributed by atoms with Gasteiger partial charge in [-0.15, -0.1) is 0 Å². The van der Waals surface area contributed by atoms with Crippen LogP contribution in [0.4, 0.5) is 5.69 Å². The third-order valence-corrected chi connectivity index (χ3v) is 4.79. The maximum Gasteiger partial charge on any atom is 0.234 e. The summed E-state index contributed by atoms with van der Waals surface area (Å²) in [6, 6.07) is 9.51. The predicted octanol–water partition coefficient (Wildman–Crippen LogP) is 3.53. The van der Waals surface area contributed by atoms with Crippen LogP contribution in [0.25, 0.3) is 10.9 Å². The number of thiocarbonyl (C=S) groups is 1. The Morgan fingerprint density at radius 2 is 2.05 bits per heavy atom. The van der Waals surface area contributed by atoms with E-state index < -0.39 is 0 Å². The molecule has 0 radical (unpaired) electrons. The fraction of sp³-hybridized carbons (Fsp3) is 0.312. The van der Waals surface area contributed by atoms with E-state index in [0.717, 1.165) is 34.0 Å². The van der Waals surface area contributed by atoms with Gasteiger partial charge in [-0.05, 0) is 38.1 Å². The molecule has 6 heteroatoms. The van der Waals surface area contributed by atoms with Crippen LogP contribution >= 0.6 is 24.0 Å². The van der Waals surface area contributed by atoms with Crippen molar-refractivity contribution in [3.8, 4) is 0 Å². The van der Waals surface area contributed by atoms with Gasteiger partial charge in [-0.1, -0.05) is 30.0 Å². The molecule has 0 fully saturated rings. The molecule has 116 valence electrons. The van der Waals surface area contributed by atoms with Gasteiger partial charge in [0.25, 0.3) is 0 Å². The molecule has 1 aromatic heterocycles. The molecule has 0 aliphatic heterocycles. The standard InChI is InChI=1S/C16H19N3OS2/c1-3-19(4-2)16(21)22-11-15(20)18-14-9-5-8-13-12(14)7-6-10-17-13/h5-10H,3-4,11H2,1-2H3,(H,18,20). The van der Waals surface area contributed by atoms with E-state index >= 15 is 0 Å². The van der Waals surface area contributed by atoms with Gasteiger partial charge in [0, 0.05) is 24.7 Å². The summed E-state index contributed by atoms with van der Waals surface area (Å²) in [5.41, 5.74) is 1.65. The number of pyridine rings is 1. The van der Waals surface area contributed by atoms with E-state index in [1.165, 1.54) is 11.8 Å². The van der Waals surface area contributed by atoms with Crippen LogP contribution < -0.4 is 5.32 Å². The molecule has 1 N–H and O–H groups in total. The topological polar surface area (TPSA) is 45.2 Å². The van der Waals surface area contributed by atoms with E-state index in [2.05, 4.69) is 29.0 Å². The summed E-state index contributed by atoms with van der Waals surface area (Å²) in [5.74, 6) is 0.252. The van der Waals surface area contributed by atoms with Crippen molar-refractivity contribution in [2.75, 3.05) is 24.2 Å². The van der Waals surface area contributed by atoms with Gasteiger partial charge >= 0.3 is 0 Å². The lowest BCUT2D eigenvalue weighted by Gasteiger charge is -2.20. The van der Waals surface area contributed by atoms with Crippen molar-refractivity contribution in [2.24, 2.45) is 0 Å². The van der Waals surface area contributed by atoms with Crippen LogP contribution in [0.5, 0.6) is 0 Å². The third-order valence-electron chi connectivity index (χ3n) is 3.27. The summed E-state index contributed by atoms with van der Waals surface area (Å²) in [5, 5.41) is 3.88. The first-order chi connectivity index (χ1) is 10.7. The smallest absolute Gasteiger partial charge is 0.234 e. The van der Waals surface area contributed by atoms with Crippen LogP contribution in [0, 0.1) is 0 Å². The third kappa shape index (κ3) is 4.18. The Morgan fingerprint density at radius 3 is 2.77 bits per heavy atom. The van der Waals surface area contributed by atoms with E-state index in [9.17, 15) is 4.79 Å². The van der Waals surface area contributed by atoms with Crippen molar-refractivity contribution in [2.45, 2.75) is 13.8 Å². The fourth-order valence-corrected chi connectivity index (χ4v) is 3.30. The molecule has 0 bridgehead atoms. The van der Waals surface area contributed by atoms with Gasteiger partial charge in [-0.25, -0.2) is 0 Å². The number of carbonyl (C=O) groups excluding carboxylic acids is 1. The molecule has 1 heterocycles. The minimum atomic E-state index is -0.0594. The van der Waals surface area contributed by atoms with Crippen LogP contribution in [0.2, 0.25) is 0 Å². The second-order valence-electron chi connectivity index (χ2n) is 4.65. The first-order valence-corrected chi connectivity index (χ1v) is 8.60. The Labute approximate surface area is 140 Å². The molecule has 1 amide bonds. The van der Waals surface area contributed by atoms with Crippen molar-refractivity contribution >= 4 is 50.8 Å². The number of thioether (sulfide) groups is 1. The number of rotatable bonds is 5. The second-order valence-corrected chi connectivity index (χ2v) is 6.26. The Balaban J connectivity index is 1.98. The number of amides is 1. The minimum Gasteiger partial charge on any atom is -0.358 e. The molecule has 0 saturated carbocycles. The van der Waals surface area contributed by atoms with Crippen LogP contribution in [0.15, 0.2) is 36.5 Å². The molecular formula is C16H19N3OS2.